The van der Waals surface area contributed by atoms with Gasteiger partial charge in [-0.05, 0) is 130 Å². The van der Waals surface area contributed by atoms with Crippen LogP contribution in [0.15, 0.2) is 24.3 Å². The molecule has 11 N–H and O–H groups in total. The summed E-state index contributed by atoms with van der Waals surface area (Å²) in [6.07, 6.45) is -9.42. The molecule has 0 aliphatic carbocycles. The predicted octanol–water partition coefficient (Wildman–Crippen LogP) is 0.218. The average Bonchev–Trinajstić information content (AvgIpc) is 3.28. The van der Waals surface area contributed by atoms with Crippen molar-refractivity contribution in [2.45, 2.75) is 102 Å². The fourth-order valence-corrected chi connectivity index (χ4v) is 9.18. The van der Waals surface area contributed by atoms with Crippen LogP contribution in [0.2, 0.25) is 0 Å². The van der Waals surface area contributed by atoms with Gasteiger partial charge < -0.3 is 56.2 Å². The third kappa shape index (κ3) is 9.60. The lowest BCUT2D eigenvalue weighted by molar-refractivity contribution is -0.145. The van der Waals surface area contributed by atoms with Crippen LogP contribution in [0.4, 0.5) is 0 Å². The molecule has 2 saturated heterocycles. The van der Waals surface area contributed by atoms with Gasteiger partial charge in [-0.1, -0.05) is 17.7 Å². The van der Waals surface area contributed by atoms with E-state index >= 15 is 0 Å². The van der Waals surface area contributed by atoms with E-state index in [-0.39, 0.29) is 11.0 Å². The van der Waals surface area contributed by atoms with E-state index in [1.54, 1.807) is 6.92 Å². The molecule has 0 aromatic heterocycles. The molecule has 0 bridgehead atoms. The van der Waals surface area contributed by atoms with E-state index in [1.165, 1.54) is 0 Å². The van der Waals surface area contributed by atoms with Crippen LogP contribution in [0.3, 0.4) is 0 Å². The number of aryl methyl sites for hydroxylation is 3. The van der Waals surface area contributed by atoms with Crippen LogP contribution in [-0.4, -0.2) is 108 Å². The van der Waals surface area contributed by atoms with Gasteiger partial charge in [-0.3, -0.25) is 0 Å². The molecule has 2 aromatic carbocycles. The van der Waals surface area contributed by atoms with Crippen molar-refractivity contribution < 1.29 is 56.2 Å². The second-order valence-electron chi connectivity index (χ2n) is 10.5. The average molecular weight is 934 g/mol. The summed E-state index contributed by atoms with van der Waals surface area (Å²) in [7, 11) is 0. The molecule has 0 radical (unpaired) electrons. The SMILES string of the molecule is CC1OC(C(O)Cc2c(I)cc(I)cc2I)C(O)C1O.Cc1cc(C)c(CC(O)C2OC(O)C(O)C2O)c(C)c1.O.O. The molecule has 2 aliphatic rings. The van der Waals surface area contributed by atoms with Crippen molar-refractivity contribution >= 4 is 67.8 Å². The summed E-state index contributed by atoms with van der Waals surface area (Å²) in [5.74, 6) is 0. The highest BCUT2D eigenvalue weighted by atomic mass is 127. The summed E-state index contributed by atoms with van der Waals surface area (Å²) in [6, 6.07) is 8.17. The molecule has 10 unspecified atom stereocenters. The Morgan fingerprint density at radius 3 is 1.50 bits per heavy atom. The molecular weight excluding hydrogens is 893 g/mol. The maximum Gasteiger partial charge on any atom is 0.184 e. The number of halogens is 3. The van der Waals surface area contributed by atoms with Gasteiger partial charge in [0.2, 0.25) is 0 Å². The number of hydrogen-bond acceptors (Lipinski definition) is 9. The lowest BCUT2D eigenvalue weighted by Gasteiger charge is -2.22. The number of aliphatic hydroxyl groups excluding tert-OH is 7. The summed E-state index contributed by atoms with van der Waals surface area (Å²) < 4.78 is 13.8. The fourth-order valence-electron chi connectivity index (χ4n) is 5.15. The fraction of sp³-hybridized carbons (Fsp3) is 0.571. The van der Waals surface area contributed by atoms with Crippen molar-refractivity contribution in [3.63, 3.8) is 0 Å². The normalized spacial score (nSPS) is 30.0. The first-order valence-electron chi connectivity index (χ1n) is 12.9. The van der Waals surface area contributed by atoms with Crippen molar-refractivity contribution in [3.05, 3.63) is 62.8 Å². The van der Waals surface area contributed by atoms with Crippen molar-refractivity contribution in [1.82, 2.24) is 0 Å². The van der Waals surface area contributed by atoms with Crippen molar-refractivity contribution in [3.8, 4) is 0 Å². The molecule has 11 nitrogen and oxygen atoms in total. The molecule has 10 atom stereocenters. The zero-order valence-electron chi connectivity index (χ0n) is 23.6. The third-order valence-electron chi connectivity index (χ3n) is 7.35. The molecule has 240 valence electrons. The Labute approximate surface area is 286 Å². The Balaban J connectivity index is 0.000000401. The van der Waals surface area contributed by atoms with Crippen LogP contribution >= 0.6 is 67.8 Å². The number of rotatable bonds is 6. The highest BCUT2D eigenvalue weighted by Crippen LogP contribution is 2.29. The smallest absolute Gasteiger partial charge is 0.184 e. The van der Waals surface area contributed by atoms with Crippen molar-refractivity contribution in [2.75, 3.05) is 0 Å². The van der Waals surface area contributed by atoms with Crippen LogP contribution in [0.5, 0.6) is 0 Å². The molecular formula is C28H41I3O11. The Hall–Kier alpha value is 0.190. The Morgan fingerprint density at radius 1 is 0.667 bits per heavy atom. The maximum atomic E-state index is 10.3. The molecule has 2 heterocycles. The van der Waals surface area contributed by atoms with Crippen molar-refractivity contribution in [1.29, 1.82) is 0 Å². The van der Waals surface area contributed by atoms with E-state index in [0.29, 0.717) is 12.8 Å². The van der Waals surface area contributed by atoms with Crippen LogP contribution < -0.4 is 0 Å². The molecule has 2 aromatic rings. The molecule has 42 heavy (non-hydrogen) atoms. The van der Waals surface area contributed by atoms with Gasteiger partial charge in [0.15, 0.2) is 6.29 Å². The highest BCUT2D eigenvalue weighted by molar-refractivity contribution is 14.1. The minimum absolute atomic E-state index is 0. The molecule has 2 fully saturated rings. The van der Waals surface area contributed by atoms with Gasteiger partial charge >= 0.3 is 0 Å². The highest BCUT2D eigenvalue weighted by Gasteiger charge is 2.45. The van der Waals surface area contributed by atoms with E-state index in [9.17, 15) is 35.7 Å². The summed E-state index contributed by atoms with van der Waals surface area (Å²) in [5, 5.41) is 68.7. The van der Waals surface area contributed by atoms with Crippen LogP contribution in [0.1, 0.15) is 34.7 Å². The Bertz CT molecular complexity index is 1030. The minimum atomic E-state index is -1.45. The topological polar surface area (TPSA) is 223 Å². The predicted molar refractivity (Wildman–Crippen MR) is 181 cm³/mol. The lowest BCUT2D eigenvalue weighted by Crippen LogP contribution is -2.40. The first-order valence-corrected chi connectivity index (χ1v) is 16.1. The standard InChI is InChI=1S/C15H22O5.C13H15I3O4.2H2O/c1-7-4-8(2)10(9(3)5-7)6-11(16)14-12(17)13(18)15(19)20-14;1-5-11(18)12(19)13(20-5)10(17)4-7-8(15)2-6(14)3-9(7)16;;/h4-5,11-19H,6H2,1-3H3;2-3,5,10-13,17-19H,4H2,1H3;2*1H2. The van der Waals surface area contributed by atoms with Crippen LogP contribution in [0, 0.1) is 31.5 Å². The first-order chi connectivity index (χ1) is 18.6. The van der Waals surface area contributed by atoms with E-state index < -0.39 is 61.2 Å². The second kappa shape index (κ2) is 17.2. The van der Waals surface area contributed by atoms with Gasteiger partial charge in [0.25, 0.3) is 0 Å². The molecule has 14 heteroatoms. The zero-order chi connectivity index (χ0) is 30.0. The van der Waals surface area contributed by atoms with Crippen molar-refractivity contribution in [2.24, 2.45) is 0 Å². The van der Waals surface area contributed by atoms with Gasteiger partial charge in [-0.2, -0.15) is 0 Å². The third-order valence-corrected chi connectivity index (χ3v) is 9.89. The number of benzene rings is 2. The second-order valence-corrected chi connectivity index (χ2v) is 14.1. The summed E-state index contributed by atoms with van der Waals surface area (Å²) in [4.78, 5) is 0. The minimum Gasteiger partial charge on any atom is -0.412 e. The number of hydrogen-bond donors (Lipinski definition) is 7. The van der Waals surface area contributed by atoms with E-state index in [1.807, 2.05) is 32.9 Å². The van der Waals surface area contributed by atoms with Gasteiger partial charge in [-0.25, -0.2) is 0 Å². The van der Waals surface area contributed by atoms with E-state index in [0.717, 1.165) is 38.5 Å². The molecule has 4 rings (SSSR count). The quantitative estimate of drug-likeness (QED) is 0.197. The maximum absolute atomic E-state index is 10.3. The van der Waals surface area contributed by atoms with Crippen LogP contribution in [0.25, 0.3) is 0 Å². The molecule has 2 aliphatic heterocycles. The first kappa shape index (κ1) is 40.2. The van der Waals surface area contributed by atoms with Gasteiger partial charge in [0.1, 0.15) is 36.6 Å². The molecule has 0 amide bonds. The van der Waals surface area contributed by atoms with Gasteiger partial charge in [0, 0.05) is 23.6 Å². The molecule has 0 spiro atoms. The summed E-state index contributed by atoms with van der Waals surface area (Å²) >= 11 is 6.75. The monoisotopic (exact) mass is 934 g/mol. The van der Waals surface area contributed by atoms with E-state index in [2.05, 4.69) is 79.9 Å². The number of aliphatic hydroxyl groups is 7. The Kier molecular flexibility index (Phi) is 16.5. The number of ether oxygens (including phenoxy) is 2. The van der Waals surface area contributed by atoms with Crippen LogP contribution in [-0.2, 0) is 22.3 Å². The van der Waals surface area contributed by atoms with E-state index in [4.69, 9.17) is 9.47 Å². The largest absolute Gasteiger partial charge is 0.412 e. The van der Waals surface area contributed by atoms with Gasteiger partial charge in [0.05, 0.1) is 18.3 Å². The molecule has 0 saturated carbocycles. The summed E-state index contributed by atoms with van der Waals surface area (Å²) in [5.41, 5.74) is 5.32. The lowest BCUT2D eigenvalue weighted by atomic mass is 9.92. The Morgan fingerprint density at radius 2 is 1.10 bits per heavy atom. The summed E-state index contributed by atoms with van der Waals surface area (Å²) in [6.45, 7) is 7.64. The van der Waals surface area contributed by atoms with Gasteiger partial charge in [-0.15, -0.1) is 0 Å². The zero-order valence-corrected chi connectivity index (χ0v) is 30.1.